The first-order chi connectivity index (χ1) is 14.9. The van der Waals surface area contributed by atoms with Gasteiger partial charge in [0.1, 0.15) is 0 Å². The number of hydrogen-bond donors (Lipinski definition) is 0. The minimum Gasteiger partial charge on any atom is -0.299 e. The predicted octanol–water partition coefficient (Wildman–Crippen LogP) is 6.18. The Morgan fingerprint density at radius 3 is 2.10 bits per heavy atom. The van der Waals surface area contributed by atoms with Crippen molar-refractivity contribution in [2.75, 3.05) is 19.6 Å². The van der Waals surface area contributed by atoms with Gasteiger partial charge in [-0.15, -0.1) is 0 Å². The maximum Gasteiger partial charge on any atom is 0.0340 e. The predicted molar refractivity (Wildman–Crippen MR) is 127 cm³/mol. The number of hydrogen-bond acceptors (Lipinski definition) is 2. The highest BCUT2D eigenvalue weighted by molar-refractivity contribution is 5.94. The third-order valence-corrected chi connectivity index (χ3v) is 6.07. The molecule has 0 bridgehead atoms. The Morgan fingerprint density at radius 2 is 1.47 bits per heavy atom. The van der Waals surface area contributed by atoms with Crippen LogP contribution in [0.5, 0.6) is 0 Å². The third-order valence-electron chi connectivity index (χ3n) is 6.07. The summed E-state index contributed by atoms with van der Waals surface area (Å²) >= 11 is 0. The molecule has 0 radical (unpaired) electrons. The van der Waals surface area contributed by atoms with E-state index in [4.69, 9.17) is 0 Å². The smallest absolute Gasteiger partial charge is 0.0340 e. The summed E-state index contributed by atoms with van der Waals surface area (Å²) in [7, 11) is 0. The van der Waals surface area contributed by atoms with Crippen LogP contribution in [0.1, 0.15) is 40.7 Å². The molecule has 148 valence electrons. The van der Waals surface area contributed by atoms with Crippen molar-refractivity contribution >= 4 is 23.8 Å². The van der Waals surface area contributed by atoms with E-state index in [1.807, 2.05) is 18.5 Å². The molecule has 0 unspecified atom stereocenters. The first-order valence-electron chi connectivity index (χ1n) is 10.8. The largest absolute Gasteiger partial charge is 0.299 e. The summed E-state index contributed by atoms with van der Waals surface area (Å²) in [4.78, 5) is 6.73. The molecule has 0 amide bonds. The van der Waals surface area contributed by atoms with Crippen LogP contribution in [-0.2, 0) is 0 Å². The summed E-state index contributed by atoms with van der Waals surface area (Å²) in [6.07, 6.45) is 14.9. The van der Waals surface area contributed by atoms with E-state index >= 15 is 0 Å². The molecule has 0 saturated carbocycles. The van der Waals surface area contributed by atoms with Gasteiger partial charge in [-0.25, -0.2) is 0 Å². The van der Waals surface area contributed by atoms with E-state index in [9.17, 15) is 0 Å². The molecule has 2 nitrogen and oxygen atoms in total. The lowest BCUT2D eigenvalue weighted by Crippen LogP contribution is -2.31. The summed E-state index contributed by atoms with van der Waals surface area (Å²) in [6.45, 7) is 3.20. The van der Waals surface area contributed by atoms with Crippen LogP contribution in [0.25, 0.3) is 23.8 Å². The first-order valence-corrected chi connectivity index (χ1v) is 10.8. The minimum atomic E-state index is 0.992. The molecule has 2 aliphatic rings. The van der Waals surface area contributed by atoms with Gasteiger partial charge in [-0.3, -0.25) is 9.88 Å². The Balaban J connectivity index is 1.39. The second-order valence-corrected chi connectivity index (χ2v) is 7.98. The van der Waals surface area contributed by atoms with E-state index < -0.39 is 0 Å². The van der Waals surface area contributed by atoms with Crippen LogP contribution in [0.4, 0.5) is 0 Å². The topological polar surface area (TPSA) is 16.1 Å². The molecule has 0 spiro atoms. The second-order valence-electron chi connectivity index (χ2n) is 7.98. The summed E-state index contributed by atoms with van der Waals surface area (Å²) in [6, 6.07) is 21.7. The third kappa shape index (κ3) is 3.92. The fourth-order valence-corrected chi connectivity index (χ4v) is 4.51. The maximum absolute atomic E-state index is 4.18. The van der Waals surface area contributed by atoms with Crippen LogP contribution in [0.15, 0.2) is 84.7 Å². The molecule has 3 aromatic rings. The van der Waals surface area contributed by atoms with E-state index in [1.165, 1.54) is 27.8 Å². The average Bonchev–Trinajstić information content (AvgIpc) is 2.97. The Morgan fingerprint density at radius 1 is 0.800 bits per heavy atom. The zero-order valence-corrected chi connectivity index (χ0v) is 17.2. The van der Waals surface area contributed by atoms with Crippen molar-refractivity contribution in [1.29, 1.82) is 0 Å². The van der Waals surface area contributed by atoms with Crippen molar-refractivity contribution in [1.82, 2.24) is 9.88 Å². The van der Waals surface area contributed by atoms with Crippen LogP contribution in [0.3, 0.4) is 0 Å². The van der Waals surface area contributed by atoms with E-state index in [0.29, 0.717) is 0 Å². The van der Waals surface area contributed by atoms with Crippen molar-refractivity contribution in [2.45, 2.75) is 12.8 Å². The van der Waals surface area contributed by atoms with Gasteiger partial charge in [0.25, 0.3) is 0 Å². The normalized spacial score (nSPS) is 16.4. The monoisotopic (exact) mass is 390 g/mol. The van der Waals surface area contributed by atoms with Crippen LogP contribution >= 0.6 is 0 Å². The highest BCUT2D eigenvalue weighted by Crippen LogP contribution is 2.38. The van der Waals surface area contributed by atoms with Crippen molar-refractivity contribution in [3.05, 3.63) is 113 Å². The molecule has 1 aromatic heterocycles. The van der Waals surface area contributed by atoms with Gasteiger partial charge in [0.15, 0.2) is 0 Å². The maximum atomic E-state index is 4.18. The van der Waals surface area contributed by atoms with Crippen LogP contribution in [-0.4, -0.2) is 29.5 Å². The van der Waals surface area contributed by atoms with Gasteiger partial charge in [-0.2, -0.15) is 0 Å². The molecule has 0 N–H and O–H groups in total. The lowest BCUT2D eigenvalue weighted by Gasteiger charge is -2.29. The number of rotatable bonds is 3. The van der Waals surface area contributed by atoms with Gasteiger partial charge < -0.3 is 0 Å². The quantitative estimate of drug-likeness (QED) is 0.415. The molecule has 2 heteroatoms. The summed E-state index contributed by atoms with van der Waals surface area (Å²) in [5.74, 6) is 0. The Hall–Kier alpha value is -3.23. The van der Waals surface area contributed by atoms with E-state index in [0.717, 1.165) is 38.0 Å². The van der Waals surface area contributed by atoms with E-state index in [1.54, 1.807) is 5.57 Å². The number of pyridine rings is 1. The van der Waals surface area contributed by atoms with E-state index in [2.05, 4.69) is 88.8 Å². The minimum absolute atomic E-state index is 0.992. The fraction of sp³-hybridized carbons (Fsp3) is 0.179. The zero-order chi connectivity index (χ0) is 20.2. The zero-order valence-electron chi connectivity index (χ0n) is 17.2. The van der Waals surface area contributed by atoms with Gasteiger partial charge in [0.2, 0.25) is 0 Å². The second kappa shape index (κ2) is 8.64. The van der Waals surface area contributed by atoms with Crippen LogP contribution < -0.4 is 0 Å². The van der Waals surface area contributed by atoms with Gasteiger partial charge in [-0.1, -0.05) is 84.5 Å². The Bertz CT molecular complexity index is 1060. The van der Waals surface area contributed by atoms with Crippen LogP contribution in [0.2, 0.25) is 0 Å². The molecular formula is C28H26N2. The molecule has 5 rings (SSSR count). The van der Waals surface area contributed by atoms with Gasteiger partial charge in [0, 0.05) is 32.0 Å². The number of benzene rings is 2. The van der Waals surface area contributed by atoms with Gasteiger partial charge >= 0.3 is 0 Å². The number of aromatic nitrogens is 1. The van der Waals surface area contributed by atoms with Crippen molar-refractivity contribution in [3.63, 3.8) is 0 Å². The molecule has 1 fully saturated rings. The lowest BCUT2D eigenvalue weighted by molar-refractivity contribution is 0.284. The molecule has 2 aromatic carbocycles. The number of likely N-dealkylation sites (tertiary alicyclic amines) is 1. The summed E-state index contributed by atoms with van der Waals surface area (Å²) in [5, 5.41) is 0. The highest BCUT2D eigenvalue weighted by atomic mass is 15.1. The van der Waals surface area contributed by atoms with Gasteiger partial charge in [-0.05, 0) is 52.3 Å². The van der Waals surface area contributed by atoms with Crippen LogP contribution in [0, 0.1) is 0 Å². The SMILES string of the molecule is C1=Cc2ccccc2C(=C2CCN(C/C=C/c3cccnc3)CC2)c2ccccc21. The number of nitrogens with zero attached hydrogens (tertiary/aromatic N) is 2. The summed E-state index contributed by atoms with van der Waals surface area (Å²) in [5.41, 5.74) is 9.59. The first kappa shape index (κ1) is 18.8. The Labute approximate surface area is 178 Å². The molecule has 1 saturated heterocycles. The molecule has 30 heavy (non-hydrogen) atoms. The van der Waals surface area contributed by atoms with E-state index in [-0.39, 0.29) is 0 Å². The highest BCUT2D eigenvalue weighted by Gasteiger charge is 2.21. The average molecular weight is 391 g/mol. The fourth-order valence-electron chi connectivity index (χ4n) is 4.51. The summed E-state index contributed by atoms with van der Waals surface area (Å²) < 4.78 is 0. The molecule has 2 heterocycles. The molecule has 0 atom stereocenters. The lowest BCUT2D eigenvalue weighted by atomic mass is 9.86. The molecule has 1 aliphatic heterocycles. The van der Waals surface area contributed by atoms with Crippen molar-refractivity contribution in [3.8, 4) is 0 Å². The molecular weight excluding hydrogens is 364 g/mol. The standard InChI is InChI=1S/C28H26N2/c1-3-11-26-23(9-1)13-14-24-10-2-4-12-27(24)28(26)25-15-19-30(20-16-25)18-6-8-22-7-5-17-29-21-22/h1-14,17,21H,15-16,18-20H2/b8-6+. The number of piperidine rings is 1. The molecule has 1 aliphatic carbocycles. The van der Waals surface area contributed by atoms with Crippen molar-refractivity contribution < 1.29 is 0 Å². The van der Waals surface area contributed by atoms with Crippen molar-refractivity contribution in [2.24, 2.45) is 0 Å². The van der Waals surface area contributed by atoms with Gasteiger partial charge in [0.05, 0.1) is 0 Å². The Kier molecular flexibility index (Phi) is 5.41. The number of fused-ring (bicyclic) bond motifs is 2.